The van der Waals surface area contributed by atoms with Crippen molar-refractivity contribution in [1.29, 1.82) is 0 Å². The molecule has 0 aromatic heterocycles. The van der Waals surface area contributed by atoms with Crippen LogP contribution in [0.1, 0.15) is 41.5 Å². The third-order valence-electron chi connectivity index (χ3n) is 5.51. The SMILES string of the molecule is CC(C)(C)[P+]1(C(C)(C)C)O[B@@H-](c2c(F)c(F)c(F)c(F)c2F)c2ccccc21. The molecule has 1 aliphatic heterocycles. The Morgan fingerprint density at radius 1 is 0.714 bits per heavy atom. The zero-order chi connectivity index (χ0) is 21.2. The number of halogens is 5. The minimum atomic E-state index is -2.54. The fourth-order valence-electron chi connectivity index (χ4n) is 4.73. The Labute approximate surface area is 162 Å². The van der Waals surface area contributed by atoms with Gasteiger partial charge in [0, 0.05) is 0 Å². The van der Waals surface area contributed by atoms with Crippen molar-refractivity contribution < 1.29 is 26.4 Å². The minimum Gasteiger partial charge on any atom is -0.430 e. The predicted molar refractivity (Wildman–Crippen MR) is 106 cm³/mol. The normalized spacial score (nSPS) is 19.0. The van der Waals surface area contributed by atoms with E-state index in [9.17, 15) is 22.0 Å². The second-order valence-corrected chi connectivity index (χ2v) is 13.9. The topological polar surface area (TPSA) is 9.23 Å². The second kappa shape index (κ2) is 6.53. The van der Waals surface area contributed by atoms with Crippen LogP contribution in [0, 0.1) is 29.1 Å². The summed E-state index contributed by atoms with van der Waals surface area (Å²) < 4.78 is 77.1. The first-order chi connectivity index (χ1) is 12.8. The van der Waals surface area contributed by atoms with E-state index in [1.165, 1.54) is 0 Å². The average Bonchev–Trinajstić information content (AvgIpc) is 2.95. The van der Waals surface area contributed by atoms with E-state index in [1.54, 1.807) is 12.1 Å². The van der Waals surface area contributed by atoms with Crippen molar-refractivity contribution in [3.63, 3.8) is 0 Å². The smallest absolute Gasteiger partial charge is 0.216 e. The third kappa shape index (κ3) is 2.73. The molecule has 1 nitrogen and oxygen atoms in total. The molecule has 0 unspecified atom stereocenters. The molecule has 3 rings (SSSR count). The summed E-state index contributed by atoms with van der Waals surface area (Å²) in [6, 6.07) is 7.04. The molecular formula is C20H23BF5OP. The Hall–Kier alpha value is -1.46. The molecule has 152 valence electrons. The van der Waals surface area contributed by atoms with E-state index in [2.05, 4.69) is 0 Å². The molecule has 28 heavy (non-hydrogen) atoms. The van der Waals surface area contributed by atoms with Gasteiger partial charge in [-0.3, -0.25) is 0 Å². The molecule has 0 saturated heterocycles. The minimum absolute atomic E-state index is 0.410. The summed E-state index contributed by atoms with van der Waals surface area (Å²) in [6.07, 6.45) is 0. The summed E-state index contributed by atoms with van der Waals surface area (Å²) in [6.45, 7) is 9.49. The van der Waals surface area contributed by atoms with Crippen molar-refractivity contribution in [3.05, 3.63) is 53.4 Å². The van der Waals surface area contributed by atoms with E-state index in [4.69, 9.17) is 4.44 Å². The van der Waals surface area contributed by atoms with Crippen LogP contribution in [0.25, 0.3) is 0 Å². The van der Waals surface area contributed by atoms with Gasteiger partial charge in [-0.2, -0.15) is 0 Å². The first-order valence-corrected chi connectivity index (χ1v) is 10.8. The van der Waals surface area contributed by atoms with Gasteiger partial charge in [0.05, 0.1) is 15.6 Å². The Kier molecular flexibility index (Phi) is 4.96. The highest BCUT2D eigenvalue weighted by Crippen LogP contribution is 2.77. The standard InChI is InChI=1S/C20H23BF5OP/c1-19(2,3)28(20(4,5)6)12-10-8-7-9-11(12)21(27-28)13-14(22)16(24)18(26)17(25)15(13)23/h7-10,21H,1-6H3/t21-/m1/s1. The molecule has 0 amide bonds. The lowest BCUT2D eigenvalue weighted by molar-refractivity contribution is 0.382. The van der Waals surface area contributed by atoms with E-state index < -0.39 is 59.3 Å². The molecule has 0 aliphatic carbocycles. The number of hydrogen-bond donors (Lipinski definition) is 0. The average molecular weight is 416 g/mol. The molecule has 2 aromatic carbocycles. The highest BCUT2D eigenvalue weighted by molar-refractivity contribution is 7.83. The van der Waals surface area contributed by atoms with Crippen molar-refractivity contribution in [2.75, 3.05) is 0 Å². The molecule has 1 aliphatic rings. The summed E-state index contributed by atoms with van der Waals surface area (Å²) in [5, 5.41) is 0.0133. The lowest BCUT2D eigenvalue weighted by atomic mass is 9.55. The van der Waals surface area contributed by atoms with Gasteiger partial charge in [-0.1, -0.05) is 23.7 Å². The van der Waals surface area contributed by atoms with Crippen LogP contribution in [0.2, 0.25) is 0 Å². The van der Waals surface area contributed by atoms with E-state index in [0.717, 1.165) is 5.30 Å². The summed E-state index contributed by atoms with van der Waals surface area (Å²) in [5.74, 6) is -9.66. The Bertz CT molecular complexity index is 906. The van der Waals surface area contributed by atoms with Crippen molar-refractivity contribution >= 4 is 30.6 Å². The van der Waals surface area contributed by atoms with Crippen LogP contribution in [-0.4, -0.2) is 17.2 Å². The molecule has 0 N–H and O–H groups in total. The molecule has 0 bridgehead atoms. The van der Waals surface area contributed by atoms with Gasteiger partial charge in [-0.25, -0.2) is 22.0 Å². The van der Waals surface area contributed by atoms with Gasteiger partial charge in [-0.05, 0) is 47.6 Å². The maximum atomic E-state index is 14.6. The quantitative estimate of drug-likeness (QED) is 0.220. The van der Waals surface area contributed by atoms with Crippen molar-refractivity contribution in [3.8, 4) is 0 Å². The Morgan fingerprint density at radius 2 is 1.14 bits per heavy atom. The Morgan fingerprint density at radius 3 is 1.61 bits per heavy atom. The molecule has 0 spiro atoms. The maximum absolute atomic E-state index is 14.6. The summed E-state index contributed by atoms with van der Waals surface area (Å²) in [5.41, 5.74) is -0.317. The van der Waals surface area contributed by atoms with Gasteiger partial charge in [0.15, 0.2) is 17.5 Å². The number of rotatable bonds is 1. The number of benzene rings is 2. The number of fused-ring (bicyclic) bond motifs is 1. The third-order valence-corrected chi connectivity index (χ3v) is 11.0. The van der Waals surface area contributed by atoms with Crippen molar-refractivity contribution in [2.45, 2.75) is 51.9 Å². The van der Waals surface area contributed by atoms with Crippen LogP contribution in [0.4, 0.5) is 22.0 Å². The second-order valence-electron chi connectivity index (χ2n) is 9.22. The highest BCUT2D eigenvalue weighted by atomic mass is 31.2. The van der Waals surface area contributed by atoms with E-state index >= 15 is 0 Å². The van der Waals surface area contributed by atoms with Gasteiger partial charge < -0.3 is 4.44 Å². The zero-order valence-corrected chi connectivity index (χ0v) is 17.7. The first-order valence-electron chi connectivity index (χ1n) is 9.12. The molecule has 2 aromatic rings. The first kappa shape index (κ1) is 21.3. The van der Waals surface area contributed by atoms with Gasteiger partial charge in [0.25, 0.3) is 0 Å². The Balaban J connectivity index is 2.37. The molecule has 8 heteroatoms. The van der Waals surface area contributed by atoms with Crippen LogP contribution in [-0.2, 0) is 4.44 Å². The summed E-state index contributed by atoms with van der Waals surface area (Å²) >= 11 is 0. The summed E-state index contributed by atoms with van der Waals surface area (Å²) in [7, 11) is -2.54. The molecule has 0 saturated carbocycles. The largest absolute Gasteiger partial charge is 0.430 e. The maximum Gasteiger partial charge on any atom is 0.216 e. The lowest BCUT2D eigenvalue weighted by Crippen LogP contribution is -2.48. The molecular weight excluding hydrogens is 393 g/mol. The molecule has 0 radical (unpaired) electrons. The van der Waals surface area contributed by atoms with Gasteiger partial charge in [0.1, 0.15) is 19.1 Å². The van der Waals surface area contributed by atoms with Crippen molar-refractivity contribution in [1.82, 2.24) is 0 Å². The monoisotopic (exact) mass is 416 g/mol. The van der Waals surface area contributed by atoms with Crippen LogP contribution < -0.4 is 16.2 Å². The van der Waals surface area contributed by atoms with Gasteiger partial charge in [-0.15, -0.1) is 5.46 Å². The number of hydrogen-bond acceptors (Lipinski definition) is 1. The highest BCUT2D eigenvalue weighted by Gasteiger charge is 2.63. The van der Waals surface area contributed by atoms with Crippen LogP contribution >= 0.6 is 7.49 Å². The predicted octanol–water partition coefficient (Wildman–Crippen LogP) is 4.41. The van der Waals surface area contributed by atoms with Crippen LogP contribution in [0.5, 0.6) is 0 Å². The fourth-order valence-corrected chi connectivity index (χ4v) is 10.7. The van der Waals surface area contributed by atoms with Crippen LogP contribution in [0.3, 0.4) is 0 Å². The zero-order valence-electron chi connectivity index (χ0n) is 16.8. The van der Waals surface area contributed by atoms with Gasteiger partial charge >= 0.3 is 0 Å². The van der Waals surface area contributed by atoms with E-state index in [-0.39, 0.29) is 0 Å². The molecule has 1 heterocycles. The lowest BCUT2D eigenvalue weighted by Gasteiger charge is -2.46. The van der Waals surface area contributed by atoms with Crippen LogP contribution in [0.15, 0.2) is 24.3 Å². The molecule has 0 fully saturated rings. The fraction of sp³-hybridized carbons (Fsp3) is 0.400. The van der Waals surface area contributed by atoms with Crippen molar-refractivity contribution in [2.24, 2.45) is 0 Å². The van der Waals surface area contributed by atoms with E-state index in [1.807, 2.05) is 53.7 Å². The van der Waals surface area contributed by atoms with Gasteiger partial charge in [0.2, 0.25) is 6.92 Å². The molecule has 1 atom stereocenters. The summed E-state index contributed by atoms with van der Waals surface area (Å²) in [4.78, 5) is 0. The van der Waals surface area contributed by atoms with E-state index in [0.29, 0.717) is 5.46 Å².